The summed E-state index contributed by atoms with van der Waals surface area (Å²) in [6, 6.07) is 10.3. The topological polar surface area (TPSA) is 95.1 Å². The molecule has 1 atom stereocenters. The van der Waals surface area contributed by atoms with E-state index in [0.29, 0.717) is 16.3 Å². The third-order valence-corrected chi connectivity index (χ3v) is 5.07. The highest BCUT2D eigenvalue weighted by Gasteiger charge is 2.24. The van der Waals surface area contributed by atoms with Crippen LogP contribution >= 0.6 is 0 Å². The number of aromatic nitrogens is 2. The quantitative estimate of drug-likeness (QED) is 0.677. The summed E-state index contributed by atoms with van der Waals surface area (Å²) >= 11 is 0. The van der Waals surface area contributed by atoms with Crippen molar-refractivity contribution in [1.29, 1.82) is 0 Å². The minimum atomic E-state index is -0.997. The van der Waals surface area contributed by atoms with Crippen LogP contribution in [0.25, 0.3) is 10.8 Å². The van der Waals surface area contributed by atoms with Crippen LogP contribution in [0.4, 0.5) is 0 Å². The van der Waals surface area contributed by atoms with Crippen LogP contribution in [0.5, 0.6) is 0 Å². The Morgan fingerprint density at radius 2 is 1.85 bits per heavy atom. The van der Waals surface area contributed by atoms with Gasteiger partial charge < -0.3 is 10.4 Å². The van der Waals surface area contributed by atoms with Gasteiger partial charge in [0.05, 0.1) is 11.3 Å². The molecule has 0 spiro atoms. The summed E-state index contributed by atoms with van der Waals surface area (Å²) in [5.74, 6) is -1.17. The summed E-state index contributed by atoms with van der Waals surface area (Å²) in [6.45, 7) is 1.99. The van der Waals surface area contributed by atoms with E-state index in [1.54, 1.807) is 36.4 Å². The fourth-order valence-electron chi connectivity index (χ4n) is 3.72. The second-order valence-electron chi connectivity index (χ2n) is 6.70. The van der Waals surface area contributed by atoms with Crippen molar-refractivity contribution in [3.63, 3.8) is 0 Å². The van der Waals surface area contributed by atoms with Gasteiger partial charge in [-0.15, -0.1) is 0 Å². The largest absolute Gasteiger partial charge is 0.478 e. The fraction of sp³-hybridized carbons (Fsp3) is 0.250. The SMILES string of the molecule is Cc1[nH]nc2c1CC(NC(=O)c1cccc3c(C(=O)O)cccc13)CC2. The van der Waals surface area contributed by atoms with Crippen LogP contribution in [0.2, 0.25) is 0 Å². The van der Waals surface area contributed by atoms with Gasteiger partial charge in [0.25, 0.3) is 5.91 Å². The van der Waals surface area contributed by atoms with Crippen LogP contribution in [0, 0.1) is 6.92 Å². The number of carbonyl (C=O) groups is 2. The van der Waals surface area contributed by atoms with Gasteiger partial charge in [-0.2, -0.15) is 5.10 Å². The van der Waals surface area contributed by atoms with Gasteiger partial charge >= 0.3 is 5.97 Å². The van der Waals surface area contributed by atoms with Gasteiger partial charge in [-0.3, -0.25) is 9.89 Å². The molecular formula is C20H19N3O3. The highest BCUT2D eigenvalue weighted by Crippen LogP contribution is 2.25. The molecular weight excluding hydrogens is 330 g/mol. The standard InChI is InChI=1S/C20H19N3O3/c1-11-17-10-12(8-9-18(17)23-22-11)21-19(24)15-6-2-5-14-13(15)4-3-7-16(14)20(25)26/h2-7,12H,8-10H2,1H3,(H,21,24)(H,22,23)(H,25,26). The van der Waals surface area contributed by atoms with Crippen LogP contribution in [-0.2, 0) is 12.8 Å². The van der Waals surface area contributed by atoms with Gasteiger partial charge in [0.1, 0.15) is 0 Å². The molecule has 3 aromatic rings. The van der Waals surface area contributed by atoms with Crippen molar-refractivity contribution < 1.29 is 14.7 Å². The Morgan fingerprint density at radius 1 is 1.15 bits per heavy atom. The van der Waals surface area contributed by atoms with Crippen LogP contribution in [0.1, 0.15) is 44.1 Å². The van der Waals surface area contributed by atoms with Crippen molar-refractivity contribution in [2.75, 3.05) is 0 Å². The maximum absolute atomic E-state index is 12.9. The molecule has 132 valence electrons. The van der Waals surface area contributed by atoms with E-state index < -0.39 is 5.97 Å². The molecule has 1 aromatic heterocycles. The maximum atomic E-state index is 12.9. The van der Waals surface area contributed by atoms with Gasteiger partial charge in [0.15, 0.2) is 0 Å². The summed E-state index contributed by atoms with van der Waals surface area (Å²) in [5, 5.41) is 21.0. The molecule has 1 amide bonds. The van der Waals surface area contributed by atoms with E-state index in [1.807, 2.05) is 6.92 Å². The number of carboxylic acids is 1. The summed E-state index contributed by atoms with van der Waals surface area (Å²) in [5.41, 5.74) is 4.03. The molecule has 0 saturated carbocycles. The van der Waals surface area contributed by atoms with Crippen LogP contribution in [-0.4, -0.2) is 33.2 Å². The average molecular weight is 349 g/mol. The number of nitrogens with one attached hydrogen (secondary N) is 2. The summed E-state index contributed by atoms with van der Waals surface area (Å²) < 4.78 is 0. The number of carbonyl (C=O) groups excluding carboxylic acids is 1. The number of benzene rings is 2. The molecule has 1 heterocycles. The van der Waals surface area contributed by atoms with Crippen molar-refractivity contribution in [3.8, 4) is 0 Å². The fourth-order valence-corrected chi connectivity index (χ4v) is 3.72. The van der Waals surface area contributed by atoms with Gasteiger partial charge in [-0.05, 0) is 54.7 Å². The van der Waals surface area contributed by atoms with E-state index >= 15 is 0 Å². The molecule has 6 heteroatoms. The van der Waals surface area contributed by atoms with Gasteiger partial charge in [-0.1, -0.05) is 24.3 Å². The van der Waals surface area contributed by atoms with Crippen molar-refractivity contribution >= 4 is 22.6 Å². The molecule has 0 saturated heterocycles. The average Bonchev–Trinajstić information content (AvgIpc) is 3.01. The Kier molecular flexibility index (Phi) is 3.95. The number of nitrogens with zero attached hydrogens (tertiary/aromatic N) is 1. The van der Waals surface area contributed by atoms with Gasteiger partial charge in [0.2, 0.25) is 0 Å². The molecule has 6 nitrogen and oxygen atoms in total. The highest BCUT2D eigenvalue weighted by molar-refractivity contribution is 6.12. The molecule has 1 unspecified atom stereocenters. The van der Waals surface area contributed by atoms with E-state index in [4.69, 9.17) is 0 Å². The van der Waals surface area contributed by atoms with Crippen molar-refractivity contribution in [2.24, 2.45) is 0 Å². The molecule has 0 aliphatic heterocycles. The smallest absolute Gasteiger partial charge is 0.336 e. The lowest BCUT2D eigenvalue weighted by molar-refractivity contribution is 0.0698. The number of hydrogen-bond donors (Lipinski definition) is 3. The minimum absolute atomic E-state index is 0.0456. The maximum Gasteiger partial charge on any atom is 0.336 e. The minimum Gasteiger partial charge on any atom is -0.478 e. The lowest BCUT2D eigenvalue weighted by Crippen LogP contribution is -2.39. The number of rotatable bonds is 3. The molecule has 0 bridgehead atoms. The Morgan fingerprint density at radius 3 is 2.58 bits per heavy atom. The molecule has 1 aliphatic rings. The zero-order valence-electron chi connectivity index (χ0n) is 14.4. The normalized spacial score (nSPS) is 16.3. The number of aryl methyl sites for hydroxylation is 2. The lowest BCUT2D eigenvalue weighted by Gasteiger charge is -2.23. The summed E-state index contributed by atoms with van der Waals surface area (Å²) in [4.78, 5) is 24.3. The second-order valence-corrected chi connectivity index (χ2v) is 6.70. The van der Waals surface area contributed by atoms with E-state index in [1.165, 1.54) is 5.56 Å². The number of fused-ring (bicyclic) bond motifs is 2. The van der Waals surface area contributed by atoms with Gasteiger partial charge in [0, 0.05) is 17.3 Å². The number of carboxylic acid groups (broad SMARTS) is 1. The summed E-state index contributed by atoms with van der Waals surface area (Å²) in [6.07, 6.45) is 2.44. The second kappa shape index (κ2) is 6.29. The first-order chi connectivity index (χ1) is 12.5. The Labute approximate surface area is 150 Å². The Bertz CT molecular complexity index is 1020. The highest BCUT2D eigenvalue weighted by atomic mass is 16.4. The molecule has 4 rings (SSSR count). The number of amides is 1. The molecule has 0 radical (unpaired) electrons. The number of aromatic amines is 1. The zero-order valence-corrected chi connectivity index (χ0v) is 14.4. The van der Waals surface area contributed by atoms with Crippen LogP contribution in [0.15, 0.2) is 36.4 Å². The molecule has 1 aliphatic carbocycles. The number of hydrogen-bond acceptors (Lipinski definition) is 3. The van der Waals surface area contributed by atoms with Crippen molar-refractivity contribution in [1.82, 2.24) is 15.5 Å². The third kappa shape index (κ3) is 2.73. The monoisotopic (exact) mass is 349 g/mol. The Hall–Kier alpha value is -3.15. The van der Waals surface area contributed by atoms with Crippen molar-refractivity contribution in [2.45, 2.75) is 32.2 Å². The molecule has 3 N–H and O–H groups in total. The predicted molar refractivity (Wildman–Crippen MR) is 97.5 cm³/mol. The lowest BCUT2D eigenvalue weighted by atomic mass is 9.91. The zero-order chi connectivity index (χ0) is 18.3. The van der Waals surface area contributed by atoms with E-state index in [-0.39, 0.29) is 17.5 Å². The molecule has 26 heavy (non-hydrogen) atoms. The first-order valence-electron chi connectivity index (χ1n) is 8.63. The van der Waals surface area contributed by atoms with E-state index in [2.05, 4.69) is 15.5 Å². The number of H-pyrrole nitrogens is 1. The van der Waals surface area contributed by atoms with Crippen LogP contribution in [0.3, 0.4) is 0 Å². The number of aromatic carboxylic acids is 1. The first kappa shape index (κ1) is 16.3. The van der Waals surface area contributed by atoms with E-state index in [0.717, 1.165) is 30.7 Å². The summed E-state index contributed by atoms with van der Waals surface area (Å²) in [7, 11) is 0. The Balaban J connectivity index is 1.62. The van der Waals surface area contributed by atoms with Crippen LogP contribution < -0.4 is 5.32 Å². The van der Waals surface area contributed by atoms with E-state index in [9.17, 15) is 14.7 Å². The molecule has 2 aromatic carbocycles. The molecule has 0 fully saturated rings. The third-order valence-electron chi connectivity index (χ3n) is 5.07. The predicted octanol–water partition coefficient (Wildman–Crippen LogP) is 2.86. The van der Waals surface area contributed by atoms with Crippen molar-refractivity contribution in [3.05, 3.63) is 64.5 Å². The first-order valence-corrected chi connectivity index (χ1v) is 8.63. The van der Waals surface area contributed by atoms with Gasteiger partial charge in [-0.25, -0.2) is 4.79 Å².